The lowest BCUT2D eigenvalue weighted by molar-refractivity contribution is -0.153. The first kappa shape index (κ1) is 11.4. The van der Waals surface area contributed by atoms with Crippen LogP contribution in [0.2, 0.25) is 0 Å². The zero-order chi connectivity index (χ0) is 11.5. The normalized spacial score (nSPS) is 25.5. The maximum absolute atomic E-state index is 11.6. The van der Waals surface area contributed by atoms with Crippen molar-refractivity contribution in [2.24, 2.45) is 5.92 Å². The van der Waals surface area contributed by atoms with E-state index >= 15 is 0 Å². The van der Waals surface area contributed by atoms with Crippen LogP contribution in [-0.4, -0.2) is 47.7 Å². The Kier molecular flexibility index (Phi) is 3.43. The van der Waals surface area contributed by atoms with E-state index in [1.165, 1.54) is 0 Å². The molecule has 1 atom stereocenters. The molecule has 0 aromatic carbocycles. The Bertz CT molecular complexity index is 280. The van der Waals surface area contributed by atoms with Crippen molar-refractivity contribution in [3.05, 3.63) is 0 Å². The van der Waals surface area contributed by atoms with Crippen LogP contribution >= 0.6 is 0 Å². The fourth-order valence-electron chi connectivity index (χ4n) is 2.15. The predicted molar refractivity (Wildman–Crippen MR) is 55.9 cm³/mol. The van der Waals surface area contributed by atoms with Crippen molar-refractivity contribution in [2.45, 2.75) is 31.8 Å². The van der Waals surface area contributed by atoms with E-state index in [2.05, 4.69) is 0 Å². The largest absolute Gasteiger partial charge is 0.481 e. The van der Waals surface area contributed by atoms with Crippen molar-refractivity contribution < 1.29 is 19.4 Å². The number of amides is 1. The number of aliphatic carboxylic acids is 1. The molecule has 1 unspecified atom stereocenters. The van der Waals surface area contributed by atoms with Gasteiger partial charge in [0.25, 0.3) is 0 Å². The fourth-order valence-corrected chi connectivity index (χ4v) is 2.15. The standard InChI is InChI=1S/C11H17NO4/c13-10(4-3-9-2-1-5-16-9)12-6-8(7-12)11(14)15/h8-9H,1-7H2,(H,14,15). The van der Waals surface area contributed by atoms with Crippen molar-refractivity contribution in [3.8, 4) is 0 Å². The van der Waals surface area contributed by atoms with E-state index in [-0.39, 0.29) is 17.9 Å². The van der Waals surface area contributed by atoms with Gasteiger partial charge in [0.1, 0.15) is 0 Å². The molecule has 0 radical (unpaired) electrons. The van der Waals surface area contributed by atoms with Crippen LogP contribution in [0, 0.1) is 5.92 Å². The van der Waals surface area contributed by atoms with Gasteiger partial charge in [0.05, 0.1) is 12.0 Å². The molecule has 2 saturated heterocycles. The molecule has 2 aliphatic rings. The van der Waals surface area contributed by atoms with Crippen LogP contribution in [-0.2, 0) is 14.3 Å². The monoisotopic (exact) mass is 227 g/mol. The number of carboxylic acid groups (broad SMARTS) is 1. The maximum atomic E-state index is 11.6. The molecule has 0 aromatic heterocycles. The van der Waals surface area contributed by atoms with Gasteiger partial charge in [-0.15, -0.1) is 0 Å². The summed E-state index contributed by atoms with van der Waals surface area (Å²) < 4.78 is 5.43. The Morgan fingerprint density at radius 1 is 1.38 bits per heavy atom. The number of ether oxygens (including phenoxy) is 1. The van der Waals surface area contributed by atoms with E-state index in [9.17, 15) is 9.59 Å². The summed E-state index contributed by atoms with van der Waals surface area (Å²) >= 11 is 0. The lowest BCUT2D eigenvalue weighted by Crippen LogP contribution is -2.53. The molecule has 1 N–H and O–H groups in total. The van der Waals surface area contributed by atoms with E-state index in [0.29, 0.717) is 19.5 Å². The average molecular weight is 227 g/mol. The van der Waals surface area contributed by atoms with Gasteiger partial charge >= 0.3 is 5.97 Å². The summed E-state index contributed by atoms with van der Waals surface area (Å²) in [5, 5.41) is 8.68. The summed E-state index contributed by atoms with van der Waals surface area (Å²) in [5.74, 6) is -1.09. The summed E-state index contributed by atoms with van der Waals surface area (Å²) in [7, 11) is 0. The number of hydrogen-bond donors (Lipinski definition) is 1. The van der Waals surface area contributed by atoms with Crippen LogP contribution in [0.25, 0.3) is 0 Å². The molecule has 0 bridgehead atoms. The molecular formula is C11H17NO4. The molecule has 1 amide bonds. The predicted octanol–water partition coefficient (Wildman–Crippen LogP) is 0.489. The topological polar surface area (TPSA) is 66.8 Å². The number of rotatable bonds is 4. The van der Waals surface area contributed by atoms with Crippen LogP contribution in [0.5, 0.6) is 0 Å². The highest BCUT2D eigenvalue weighted by Crippen LogP contribution is 2.20. The Balaban J connectivity index is 1.64. The summed E-state index contributed by atoms with van der Waals surface area (Å²) in [6.07, 6.45) is 3.62. The Hall–Kier alpha value is -1.10. The molecule has 16 heavy (non-hydrogen) atoms. The molecule has 0 aromatic rings. The van der Waals surface area contributed by atoms with Crippen molar-refractivity contribution in [1.82, 2.24) is 4.90 Å². The summed E-state index contributed by atoms with van der Waals surface area (Å²) in [6.45, 7) is 1.56. The van der Waals surface area contributed by atoms with Gasteiger partial charge in [-0.05, 0) is 19.3 Å². The number of hydrogen-bond acceptors (Lipinski definition) is 3. The van der Waals surface area contributed by atoms with Gasteiger partial charge in [-0.2, -0.15) is 0 Å². The SMILES string of the molecule is O=C(O)C1CN(C(=O)CCC2CCCO2)C1. The van der Waals surface area contributed by atoms with Gasteiger partial charge in [-0.3, -0.25) is 9.59 Å². The number of carbonyl (C=O) groups is 2. The minimum absolute atomic E-state index is 0.0630. The van der Waals surface area contributed by atoms with Crippen LogP contribution in [0.4, 0.5) is 0 Å². The molecule has 90 valence electrons. The smallest absolute Gasteiger partial charge is 0.310 e. The highest BCUT2D eigenvalue weighted by Gasteiger charge is 2.35. The van der Waals surface area contributed by atoms with Crippen molar-refractivity contribution >= 4 is 11.9 Å². The fraction of sp³-hybridized carbons (Fsp3) is 0.818. The molecule has 5 heteroatoms. The highest BCUT2D eigenvalue weighted by atomic mass is 16.5. The summed E-state index contributed by atoms with van der Waals surface area (Å²) in [5.41, 5.74) is 0. The lowest BCUT2D eigenvalue weighted by atomic mass is 9.99. The molecular weight excluding hydrogens is 210 g/mol. The van der Waals surface area contributed by atoms with Crippen LogP contribution < -0.4 is 0 Å². The van der Waals surface area contributed by atoms with Gasteiger partial charge in [0.15, 0.2) is 0 Å². The zero-order valence-corrected chi connectivity index (χ0v) is 9.22. The van der Waals surface area contributed by atoms with E-state index in [1.807, 2.05) is 0 Å². The molecule has 5 nitrogen and oxygen atoms in total. The molecule has 2 aliphatic heterocycles. The van der Waals surface area contributed by atoms with Crippen LogP contribution in [0.15, 0.2) is 0 Å². The van der Waals surface area contributed by atoms with Gasteiger partial charge in [0.2, 0.25) is 5.91 Å². The minimum Gasteiger partial charge on any atom is -0.481 e. The number of carbonyl (C=O) groups excluding carboxylic acids is 1. The van der Waals surface area contributed by atoms with Gasteiger partial charge in [0, 0.05) is 26.1 Å². The van der Waals surface area contributed by atoms with Crippen molar-refractivity contribution in [3.63, 3.8) is 0 Å². The molecule has 0 spiro atoms. The summed E-state index contributed by atoms with van der Waals surface area (Å²) in [4.78, 5) is 23.8. The third kappa shape index (κ3) is 2.52. The first-order chi connectivity index (χ1) is 7.66. The van der Waals surface area contributed by atoms with E-state index in [0.717, 1.165) is 25.9 Å². The minimum atomic E-state index is -0.803. The molecule has 0 saturated carbocycles. The van der Waals surface area contributed by atoms with E-state index in [4.69, 9.17) is 9.84 Å². The molecule has 0 aliphatic carbocycles. The average Bonchev–Trinajstić information content (AvgIpc) is 2.63. The van der Waals surface area contributed by atoms with E-state index in [1.54, 1.807) is 4.90 Å². The first-order valence-corrected chi connectivity index (χ1v) is 5.79. The number of likely N-dealkylation sites (tertiary alicyclic amines) is 1. The second kappa shape index (κ2) is 4.82. The van der Waals surface area contributed by atoms with Gasteiger partial charge in [-0.25, -0.2) is 0 Å². The Labute approximate surface area is 94.4 Å². The number of carboxylic acids is 1. The molecule has 2 heterocycles. The Morgan fingerprint density at radius 3 is 2.69 bits per heavy atom. The second-order valence-corrected chi connectivity index (χ2v) is 4.51. The van der Waals surface area contributed by atoms with Crippen molar-refractivity contribution in [1.29, 1.82) is 0 Å². The van der Waals surface area contributed by atoms with Crippen molar-refractivity contribution in [2.75, 3.05) is 19.7 Å². The molecule has 2 fully saturated rings. The first-order valence-electron chi connectivity index (χ1n) is 5.79. The second-order valence-electron chi connectivity index (χ2n) is 4.51. The Morgan fingerprint density at radius 2 is 2.12 bits per heavy atom. The number of nitrogens with zero attached hydrogens (tertiary/aromatic N) is 1. The highest BCUT2D eigenvalue weighted by molar-refractivity contribution is 5.80. The lowest BCUT2D eigenvalue weighted by Gasteiger charge is -2.36. The van der Waals surface area contributed by atoms with Gasteiger partial charge in [-0.1, -0.05) is 0 Å². The van der Waals surface area contributed by atoms with E-state index < -0.39 is 5.97 Å². The quantitative estimate of drug-likeness (QED) is 0.759. The third-order valence-corrected chi connectivity index (χ3v) is 3.29. The third-order valence-electron chi connectivity index (χ3n) is 3.29. The van der Waals surface area contributed by atoms with Gasteiger partial charge < -0.3 is 14.7 Å². The van der Waals surface area contributed by atoms with Crippen LogP contribution in [0.3, 0.4) is 0 Å². The van der Waals surface area contributed by atoms with Crippen LogP contribution in [0.1, 0.15) is 25.7 Å². The zero-order valence-electron chi connectivity index (χ0n) is 9.22. The summed E-state index contributed by atoms with van der Waals surface area (Å²) in [6, 6.07) is 0. The maximum Gasteiger partial charge on any atom is 0.310 e. The molecule has 2 rings (SSSR count).